The van der Waals surface area contributed by atoms with E-state index in [0.717, 1.165) is 4.90 Å². The lowest BCUT2D eigenvalue weighted by Crippen LogP contribution is -2.27. The van der Waals surface area contributed by atoms with Gasteiger partial charge in [0.1, 0.15) is 11.4 Å². The van der Waals surface area contributed by atoms with Crippen molar-refractivity contribution in [1.29, 1.82) is 0 Å². The Hall–Kier alpha value is -2.79. The van der Waals surface area contributed by atoms with E-state index in [4.69, 9.17) is 16.3 Å². The minimum atomic E-state index is -0.382. The molecule has 1 N–H and O–H groups in total. The zero-order valence-electron chi connectivity index (χ0n) is 13.2. The molecule has 0 bridgehead atoms. The van der Waals surface area contributed by atoms with Gasteiger partial charge in [-0.3, -0.25) is 14.5 Å². The third kappa shape index (κ3) is 2.86. The topological polar surface area (TPSA) is 58.6 Å². The number of ether oxygens (including phenoxy) is 1. The summed E-state index contributed by atoms with van der Waals surface area (Å²) in [5, 5.41) is 3.61. The summed E-state index contributed by atoms with van der Waals surface area (Å²) < 4.78 is 5.18. The highest BCUT2D eigenvalue weighted by atomic mass is 35.5. The van der Waals surface area contributed by atoms with Crippen LogP contribution in [0.15, 0.2) is 54.2 Å². The van der Waals surface area contributed by atoms with Crippen LogP contribution in [0.1, 0.15) is 5.56 Å². The maximum absolute atomic E-state index is 12.5. The predicted molar refractivity (Wildman–Crippen MR) is 92.8 cm³/mol. The second-order valence-corrected chi connectivity index (χ2v) is 5.72. The summed E-state index contributed by atoms with van der Waals surface area (Å²) in [7, 11) is 3.02. The van der Waals surface area contributed by atoms with E-state index in [-0.39, 0.29) is 17.5 Å². The third-order valence-electron chi connectivity index (χ3n) is 3.76. The van der Waals surface area contributed by atoms with Crippen molar-refractivity contribution >= 4 is 34.7 Å². The average molecular weight is 343 g/mol. The number of carbonyl (C=O) groups excluding carboxylic acids is 2. The molecule has 0 aromatic heterocycles. The van der Waals surface area contributed by atoms with Crippen molar-refractivity contribution in [3.63, 3.8) is 0 Å². The van der Waals surface area contributed by atoms with Gasteiger partial charge in [0, 0.05) is 23.8 Å². The zero-order valence-corrected chi connectivity index (χ0v) is 13.9. The molecule has 0 unspecified atom stereocenters. The van der Waals surface area contributed by atoms with Gasteiger partial charge in [-0.2, -0.15) is 0 Å². The second-order valence-electron chi connectivity index (χ2n) is 5.28. The fraction of sp³-hybridized carbons (Fsp3) is 0.111. The van der Waals surface area contributed by atoms with Crippen LogP contribution in [0.25, 0.3) is 5.57 Å². The van der Waals surface area contributed by atoms with Gasteiger partial charge in [0.2, 0.25) is 0 Å². The molecular formula is C18H15ClN2O3. The first-order valence-corrected chi connectivity index (χ1v) is 7.62. The van der Waals surface area contributed by atoms with Gasteiger partial charge >= 0.3 is 0 Å². The number of halogens is 1. The van der Waals surface area contributed by atoms with Gasteiger partial charge in [0.05, 0.1) is 12.7 Å². The maximum atomic E-state index is 12.5. The molecule has 0 saturated carbocycles. The van der Waals surface area contributed by atoms with E-state index in [1.54, 1.807) is 55.6 Å². The number of nitrogens with one attached hydrogen (secondary N) is 1. The van der Waals surface area contributed by atoms with Crippen LogP contribution in [0.3, 0.4) is 0 Å². The van der Waals surface area contributed by atoms with Crippen LogP contribution in [0, 0.1) is 0 Å². The SMILES string of the molecule is COc1cccc(NC2=C(c3ccc(Cl)cc3)C(=O)N(C)C2=O)c1. The van der Waals surface area contributed by atoms with Gasteiger partial charge in [-0.15, -0.1) is 0 Å². The van der Waals surface area contributed by atoms with Gasteiger partial charge in [0.25, 0.3) is 11.8 Å². The van der Waals surface area contributed by atoms with Crippen LogP contribution in [0.2, 0.25) is 5.02 Å². The van der Waals surface area contributed by atoms with Crippen molar-refractivity contribution in [3.05, 3.63) is 64.8 Å². The molecule has 0 aliphatic carbocycles. The van der Waals surface area contributed by atoms with E-state index in [2.05, 4.69) is 5.32 Å². The summed E-state index contributed by atoms with van der Waals surface area (Å²) in [6.07, 6.45) is 0. The molecule has 1 heterocycles. The standard InChI is InChI=1S/C18H15ClN2O3/c1-21-17(22)15(11-6-8-12(19)9-7-11)16(18(21)23)20-13-4-3-5-14(10-13)24-2/h3-10,20H,1-2H3. The molecule has 1 aliphatic rings. The molecule has 2 amide bonds. The quantitative estimate of drug-likeness (QED) is 0.867. The van der Waals surface area contributed by atoms with Crippen molar-refractivity contribution in [2.75, 3.05) is 19.5 Å². The molecule has 0 spiro atoms. The van der Waals surface area contributed by atoms with Crippen molar-refractivity contribution in [2.45, 2.75) is 0 Å². The number of carbonyl (C=O) groups is 2. The molecule has 3 rings (SSSR count). The third-order valence-corrected chi connectivity index (χ3v) is 4.01. The number of hydrogen-bond donors (Lipinski definition) is 1. The fourth-order valence-electron chi connectivity index (χ4n) is 2.49. The lowest BCUT2D eigenvalue weighted by atomic mass is 10.0. The Morgan fingerprint density at radius 3 is 2.42 bits per heavy atom. The minimum Gasteiger partial charge on any atom is -0.497 e. The van der Waals surface area contributed by atoms with Gasteiger partial charge in [-0.1, -0.05) is 29.8 Å². The van der Waals surface area contributed by atoms with Crippen molar-refractivity contribution in [1.82, 2.24) is 4.90 Å². The number of methoxy groups -OCH3 is 1. The molecule has 1 aliphatic heterocycles. The molecule has 2 aromatic carbocycles. The predicted octanol–water partition coefficient (Wildman–Crippen LogP) is 3.17. The Bertz CT molecular complexity index is 844. The monoisotopic (exact) mass is 342 g/mol. The Kier molecular flexibility index (Phi) is 4.27. The van der Waals surface area contributed by atoms with Crippen molar-refractivity contribution < 1.29 is 14.3 Å². The summed E-state index contributed by atoms with van der Waals surface area (Å²) in [5.41, 5.74) is 1.85. The number of rotatable bonds is 4. The van der Waals surface area contributed by atoms with Gasteiger partial charge < -0.3 is 10.1 Å². The first-order chi connectivity index (χ1) is 11.5. The zero-order chi connectivity index (χ0) is 17.3. The van der Waals surface area contributed by atoms with E-state index in [9.17, 15) is 9.59 Å². The summed E-state index contributed by atoms with van der Waals surface area (Å²) in [4.78, 5) is 26.0. The normalized spacial score (nSPS) is 14.4. The number of benzene rings is 2. The maximum Gasteiger partial charge on any atom is 0.277 e. The fourth-order valence-corrected chi connectivity index (χ4v) is 2.61. The molecule has 24 heavy (non-hydrogen) atoms. The summed E-state index contributed by atoms with van der Waals surface area (Å²) in [5.74, 6) is -0.0840. The van der Waals surface area contributed by atoms with Crippen molar-refractivity contribution in [2.24, 2.45) is 0 Å². The number of imide groups is 1. The number of anilines is 1. The lowest BCUT2D eigenvalue weighted by Gasteiger charge is -2.10. The molecule has 2 aromatic rings. The van der Waals surface area contributed by atoms with Crippen LogP contribution >= 0.6 is 11.6 Å². The van der Waals surface area contributed by atoms with Crippen LogP contribution in [-0.4, -0.2) is 30.9 Å². The van der Waals surface area contributed by atoms with Crippen LogP contribution in [0.4, 0.5) is 5.69 Å². The highest BCUT2D eigenvalue weighted by molar-refractivity contribution is 6.36. The molecule has 0 radical (unpaired) electrons. The van der Waals surface area contributed by atoms with E-state index in [0.29, 0.717) is 27.6 Å². The van der Waals surface area contributed by atoms with E-state index in [1.165, 1.54) is 7.05 Å². The first kappa shape index (κ1) is 16.1. The van der Waals surface area contributed by atoms with Crippen LogP contribution in [-0.2, 0) is 9.59 Å². The van der Waals surface area contributed by atoms with Crippen molar-refractivity contribution in [3.8, 4) is 5.75 Å². The molecule has 122 valence electrons. The van der Waals surface area contributed by atoms with E-state index >= 15 is 0 Å². The summed E-state index contributed by atoms with van der Waals surface area (Å²) in [6, 6.07) is 14.0. The van der Waals surface area contributed by atoms with E-state index in [1.807, 2.05) is 0 Å². The highest BCUT2D eigenvalue weighted by Gasteiger charge is 2.36. The Morgan fingerprint density at radius 1 is 1.04 bits per heavy atom. The van der Waals surface area contributed by atoms with Gasteiger partial charge in [0.15, 0.2) is 0 Å². The Morgan fingerprint density at radius 2 is 1.75 bits per heavy atom. The summed E-state index contributed by atoms with van der Waals surface area (Å²) in [6.45, 7) is 0. The molecule has 6 heteroatoms. The molecule has 0 saturated heterocycles. The number of likely N-dealkylation sites (N-methyl/N-ethyl adjacent to an activating group) is 1. The highest BCUT2D eigenvalue weighted by Crippen LogP contribution is 2.30. The van der Waals surface area contributed by atoms with Gasteiger partial charge in [-0.25, -0.2) is 0 Å². The molecular weight excluding hydrogens is 328 g/mol. The smallest absolute Gasteiger partial charge is 0.277 e. The Labute approximate surface area is 144 Å². The van der Waals surface area contributed by atoms with Crippen LogP contribution in [0.5, 0.6) is 5.75 Å². The Balaban J connectivity index is 2.06. The van der Waals surface area contributed by atoms with Crippen LogP contribution < -0.4 is 10.1 Å². The van der Waals surface area contributed by atoms with Gasteiger partial charge in [-0.05, 0) is 29.8 Å². The largest absolute Gasteiger partial charge is 0.497 e. The molecule has 0 fully saturated rings. The first-order valence-electron chi connectivity index (χ1n) is 7.25. The molecule has 5 nitrogen and oxygen atoms in total. The average Bonchev–Trinajstić information content (AvgIpc) is 2.80. The minimum absolute atomic E-state index is 0.234. The number of hydrogen-bond acceptors (Lipinski definition) is 4. The lowest BCUT2D eigenvalue weighted by molar-refractivity contribution is -0.135. The summed E-state index contributed by atoms with van der Waals surface area (Å²) >= 11 is 5.90. The second kappa shape index (κ2) is 6.37. The number of nitrogens with zero attached hydrogens (tertiary/aromatic N) is 1. The van der Waals surface area contributed by atoms with E-state index < -0.39 is 0 Å². The number of amides is 2. The molecule has 0 atom stereocenters.